The van der Waals surface area contributed by atoms with Gasteiger partial charge in [-0.25, -0.2) is 13.1 Å². The zero-order valence-corrected chi connectivity index (χ0v) is 12.0. The van der Waals surface area contributed by atoms with E-state index in [2.05, 4.69) is 4.72 Å². The monoisotopic (exact) mass is 300 g/mol. The maximum absolute atomic E-state index is 12.2. The number of ether oxygens (including phenoxy) is 1. The van der Waals surface area contributed by atoms with Crippen LogP contribution in [0.15, 0.2) is 29.2 Å². The zero-order chi connectivity index (χ0) is 13.9. The summed E-state index contributed by atoms with van der Waals surface area (Å²) in [5.74, 6) is 0. The van der Waals surface area contributed by atoms with E-state index in [0.29, 0.717) is 18.8 Å². The molecule has 1 aromatic carbocycles. The third kappa shape index (κ3) is 3.73. The number of nitrogens with one attached hydrogen (secondary N) is 1. The molecule has 1 aromatic rings. The molecule has 0 spiro atoms. The van der Waals surface area contributed by atoms with Gasteiger partial charge in [0.15, 0.2) is 0 Å². The SMILES string of the molecule is NC(=S)c1ccc(S(=O)(=O)NC2CCCOC2)cc1. The van der Waals surface area contributed by atoms with E-state index < -0.39 is 10.0 Å². The fourth-order valence-electron chi connectivity index (χ4n) is 1.92. The Balaban J connectivity index is 2.12. The number of hydrogen-bond donors (Lipinski definition) is 2. The minimum atomic E-state index is -3.52. The van der Waals surface area contributed by atoms with Crippen LogP contribution in [-0.2, 0) is 14.8 Å². The number of hydrogen-bond acceptors (Lipinski definition) is 4. The summed E-state index contributed by atoms with van der Waals surface area (Å²) in [4.78, 5) is 0.454. The lowest BCUT2D eigenvalue weighted by Gasteiger charge is -2.22. The van der Waals surface area contributed by atoms with Gasteiger partial charge in [-0.05, 0) is 25.0 Å². The van der Waals surface area contributed by atoms with Gasteiger partial charge in [0.2, 0.25) is 10.0 Å². The van der Waals surface area contributed by atoms with E-state index in [0.717, 1.165) is 12.8 Å². The van der Waals surface area contributed by atoms with E-state index in [1.54, 1.807) is 12.1 Å². The molecule has 5 nitrogen and oxygen atoms in total. The number of sulfonamides is 1. The van der Waals surface area contributed by atoms with Crippen LogP contribution in [0.25, 0.3) is 0 Å². The summed E-state index contributed by atoms with van der Waals surface area (Å²) in [5.41, 5.74) is 6.12. The normalized spacial score (nSPS) is 20.1. The topological polar surface area (TPSA) is 81.4 Å². The smallest absolute Gasteiger partial charge is 0.240 e. The summed E-state index contributed by atoms with van der Waals surface area (Å²) < 4.78 is 32.2. The predicted molar refractivity (Wildman–Crippen MR) is 76.5 cm³/mol. The van der Waals surface area contributed by atoms with Crippen molar-refractivity contribution in [3.8, 4) is 0 Å². The first-order valence-electron chi connectivity index (χ1n) is 5.99. The Morgan fingerprint density at radius 3 is 2.58 bits per heavy atom. The predicted octanol–water partition coefficient (Wildman–Crippen LogP) is 0.778. The van der Waals surface area contributed by atoms with Crippen LogP contribution < -0.4 is 10.5 Å². The quantitative estimate of drug-likeness (QED) is 0.803. The molecular weight excluding hydrogens is 284 g/mol. The molecule has 0 aromatic heterocycles. The highest BCUT2D eigenvalue weighted by molar-refractivity contribution is 7.89. The van der Waals surface area contributed by atoms with Gasteiger partial charge in [-0.1, -0.05) is 24.4 Å². The number of thiocarbonyl (C=S) groups is 1. The second kappa shape index (κ2) is 5.96. The average Bonchev–Trinajstić information content (AvgIpc) is 2.39. The van der Waals surface area contributed by atoms with Crippen LogP contribution in [0.3, 0.4) is 0 Å². The van der Waals surface area contributed by atoms with Crippen LogP contribution in [0.1, 0.15) is 18.4 Å². The van der Waals surface area contributed by atoms with E-state index >= 15 is 0 Å². The second-order valence-electron chi connectivity index (χ2n) is 4.42. The molecule has 7 heteroatoms. The Bertz CT molecular complexity index is 549. The van der Waals surface area contributed by atoms with Crippen LogP contribution in [0.2, 0.25) is 0 Å². The first-order chi connectivity index (χ1) is 8.99. The van der Waals surface area contributed by atoms with Crippen molar-refractivity contribution >= 4 is 27.2 Å². The molecule has 0 radical (unpaired) electrons. The Hall–Kier alpha value is -1.02. The van der Waals surface area contributed by atoms with E-state index in [1.807, 2.05) is 0 Å². The van der Waals surface area contributed by atoms with Crippen molar-refractivity contribution in [2.75, 3.05) is 13.2 Å². The van der Waals surface area contributed by atoms with Crippen molar-refractivity contribution in [2.45, 2.75) is 23.8 Å². The molecule has 1 saturated heterocycles. The molecule has 0 saturated carbocycles. The van der Waals surface area contributed by atoms with Gasteiger partial charge in [-0.2, -0.15) is 0 Å². The molecule has 104 valence electrons. The highest BCUT2D eigenvalue weighted by Gasteiger charge is 2.22. The van der Waals surface area contributed by atoms with Crippen LogP contribution in [-0.4, -0.2) is 32.7 Å². The average molecular weight is 300 g/mol. The summed E-state index contributed by atoms with van der Waals surface area (Å²) in [6.07, 6.45) is 1.66. The van der Waals surface area contributed by atoms with Gasteiger partial charge in [0, 0.05) is 18.2 Å². The van der Waals surface area contributed by atoms with Gasteiger partial charge in [0.1, 0.15) is 4.99 Å². The lowest BCUT2D eigenvalue weighted by Crippen LogP contribution is -2.40. The largest absolute Gasteiger partial charge is 0.389 e. The highest BCUT2D eigenvalue weighted by atomic mass is 32.2. The number of rotatable bonds is 4. The Morgan fingerprint density at radius 1 is 1.37 bits per heavy atom. The van der Waals surface area contributed by atoms with Crippen molar-refractivity contribution in [2.24, 2.45) is 5.73 Å². The molecular formula is C12H16N2O3S2. The molecule has 0 amide bonds. The number of benzene rings is 1. The molecule has 1 fully saturated rings. The zero-order valence-electron chi connectivity index (χ0n) is 10.3. The summed E-state index contributed by atoms with van der Waals surface area (Å²) in [5, 5.41) is 0. The van der Waals surface area contributed by atoms with Crippen molar-refractivity contribution in [3.05, 3.63) is 29.8 Å². The van der Waals surface area contributed by atoms with Crippen LogP contribution in [0, 0.1) is 0 Å². The van der Waals surface area contributed by atoms with E-state index in [4.69, 9.17) is 22.7 Å². The molecule has 1 heterocycles. The first kappa shape index (κ1) is 14.4. The molecule has 0 aliphatic carbocycles. The minimum Gasteiger partial charge on any atom is -0.389 e. The molecule has 0 bridgehead atoms. The Kier molecular flexibility index (Phi) is 4.51. The molecule has 1 aliphatic heterocycles. The molecule has 3 N–H and O–H groups in total. The van der Waals surface area contributed by atoms with E-state index in [1.165, 1.54) is 12.1 Å². The van der Waals surface area contributed by atoms with Crippen LogP contribution in [0.4, 0.5) is 0 Å². The summed E-state index contributed by atoms with van der Waals surface area (Å²) >= 11 is 4.83. The van der Waals surface area contributed by atoms with E-state index in [9.17, 15) is 8.42 Å². The van der Waals surface area contributed by atoms with Crippen molar-refractivity contribution in [1.82, 2.24) is 4.72 Å². The fraction of sp³-hybridized carbons (Fsp3) is 0.417. The molecule has 19 heavy (non-hydrogen) atoms. The van der Waals surface area contributed by atoms with Crippen LogP contribution in [0.5, 0.6) is 0 Å². The van der Waals surface area contributed by atoms with Crippen molar-refractivity contribution < 1.29 is 13.2 Å². The minimum absolute atomic E-state index is 0.158. The second-order valence-corrected chi connectivity index (χ2v) is 6.58. The Morgan fingerprint density at radius 2 is 2.05 bits per heavy atom. The highest BCUT2D eigenvalue weighted by Crippen LogP contribution is 2.14. The van der Waals surface area contributed by atoms with Gasteiger partial charge in [0.25, 0.3) is 0 Å². The summed E-state index contributed by atoms with van der Waals surface area (Å²) in [7, 11) is -3.52. The van der Waals surface area contributed by atoms with Gasteiger partial charge in [-0.3, -0.25) is 0 Å². The van der Waals surface area contributed by atoms with E-state index in [-0.39, 0.29) is 15.9 Å². The molecule has 2 rings (SSSR count). The number of nitrogens with two attached hydrogens (primary N) is 1. The third-order valence-electron chi connectivity index (χ3n) is 2.93. The standard InChI is InChI=1S/C12H16N2O3S2/c13-12(18)9-3-5-11(6-4-9)19(15,16)14-10-2-1-7-17-8-10/h3-6,10,14H,1-2,7-8H2,(H2,13,18). The van der Waals surface area contributed by atoms with Gasteiger partial charge in [-0.15, -0.1) is 0 Å². The van der Waals surface area contributed by atoms with Gasteiger partial charge >= 0.3 is 0 Å². The molecule has 1 unspecified atom stereocenters. The molecule has 1 atom stereocenters. The molecule has 1 aliphatic rings. The van der Waals surface area contributed by atoms with Crippen molar-refractivity contribution in [3.63, 3.8) is 0 Å². The fourth-order valence-corrected chi connectivity index (χ4v) is 3.31. The lowest BCUT2D eigenvalue weighted by molar-refractivity contribution is 0.0774. The van der Waals surface area contributed by atoms with Crippen LogP contribution >= 0.6 is 12.2 Å². The van der Waals surface area contributed by atoms with Crippen molar-refractivity contribution in [1.29, 1.82) is 0 Å². The summed E-state index contributed by atoms with van der Waals surface area (Å²) in [6.45, 7) is 1.12. The maximum Gasteiger partial charge on any atom is 0.240 e. The first-order valence-corrected chi connectivity index (χ1v) is 7.88. The van der Waals surface area contributed by atoms with Gasteiger partial charge < -0.3 is 10.5 Å². The lowest BCUT2D eigenvalue weighted by atomic mass is 10.1. The maximum atomic E-state index is 12.2. The third-order valence-corrected chi connectivity index (χ3v) is 4.70. The Labute approximate surface area is 118 Å². The summed E-state index contributed by atoms with van der Waals surface area (Å²) in [6, 6.07) is 6.05. The van der Waals surface area contributed by atoms with Gasteiger partial charge in [0.05, 0.1) is 11.5 Å².